The van der Waals surface area contributed by atoms with Gasteiger partial charge in [-0.3, -0.25) is 4.79 Å². The summed E-state index contributed by atoms with van der Waals surface area (Å²) in [4.78, 5) is 16.2. The number of hydrogen-bond acceptors (Lipinski definition) is 5. The van der Waals surface area contributed by atoms with Gasteiger partial charge in [0.2, 0.25) is 0 Å². The third-order valence-electron chi connectivity index (χ3n) is 3.27. The molecular weight excluding hydrogens is 244 g/mol. The maximum absolute atomic E-state index is 12.0. The minimum Gasteiger partial charge on any atom is -0.383 e. The van der Waals surface area contributed by atoms with E-state index in [9.17, 15) is 4.79 Å². The summed E-state index contributed by atoms with van der Waals surface area (Å²) in [6.07, 6.45) is 3.45. The van der Waals surface area contributed by atoms with Crippen LogP contribution in [0.5, 0.6) is 0 Å². The van der Waals surface area contributed by atoms with E-state index in [1.54, 1.807) is 10.7 Å². The van der Waals surface area contributed by atoms with E-state index in [0.29, 0.717) is 6.54 Å². The molecule has 19 heavy (non-hydrogen) atoms. The largest absolute Gasteiger partial charge is 0.383 e. The van der Waals surface area contributed by atoms with E-state index in [0.717, 1.165) is 43.1 Å². The normalized spacial score (nSPS) is 13.9. The van der Waals surface area contributed by atoms with Gasteiger partial charge >= 0.3 is 0 Å². The number of hydrogen-bond donors (Lipinski definition) is 1. The second-order valence-corrected chi connectivity index (χ2v) is 4.52. The van der Waals surface area contributed by atoms with E-state index in [4.69, 9.17) is 0 Å². The first-order chi connectivity index (χ1) is 9.28. The first-order valence-electron chi connectivity index (χ1n) is 6.49. The van der Waals surface area contributed by atoms with Crippen LogP contribution in [0.1, 0.15) is 24.9 Å². The molecule has 7 heteroatoms. The average Bonchev–Trinajstić information content (AvgIpc) is 2.87. The first kappa shape index (κ1) is 11.9. The van der Waals surface area contributed by atoms with Gasteiger partial charge in [-0.15, -0.1) is 0 Å². The second kappa shape index (κ2) is 4.83. The fraction of sp³-hybridized carbons (Fsp3) is 0.500. The summed E-state index contributed by atoms with van der Waals surface area (Å²) in [5.74, 6) is 0.751. The van der Waals surface area contributed by atoms with Crippen LogP contribution in [0.3, 0.4) is 0 Å². The van der Waals surface area contributed by atoms with Gasteiger partial charge in [-0.1, -0.05) is 0 Å². The molecule has 1 aliphatic heterocycles. The molecule has 0 saturated heterocycles. The fourth-order valence-electron chi connectivity index (χ4n) is 2.27. The average molecular weight is 260 g/mol. The van der Waals surface area contributed by atoms with Gasteiger partial charge in [0.15, 0.2) is 0 Å². The quantitative estimate of drug-likeness (QED) is 0.856. The predicted molar refractivity (Wildman–Crippen MR) is 70.1 cm³/mol. The number of rotatable bonds is 3. The third kappa shape index (κ3) is 2.23. The molecule has 0 fully saturated rings. The lowest BCUT2D eigenvalue weighted by Gasteiger charge is -2.17. The van der Waals surface area contributed by atoms with Gasteiger partial charge in [-0.05, 0) is 19.8 Å². The van der Waals surface area contributed by atoms with Crippen LogP contribution >= 0.6 is 0 Å². The molecule has 3 heterocycles. The van der Waals surface area contributed by atoms with E-state index in [1.165, 1.54) is 11.0 Å². The van der Waals surface area contributed by atoms with E-state index >= 15 is 0 Å². The number of nitrogens with one attached hydrogen (secondary N) is 1. The van der Waals surface area contributed by atoms with Gasteiger partial charge in [0.1, 0.15) is 18.7 Å². The molecule has 0 bridgehead atoms. The third-order valence-corrected chi connectivity index (χ3v) is 3.27. The van der Waals surface area contributed by atoms with E-state index < -0.39 is 0 Å². The Morgan fingerprint density at radius 1 is 1.42 bits per heavy atom. The van der Waals surface area contributed by atoms with Gasteiger partial charge < -0.3 is 5.32 Å². The van der Waals surface area contributed by atoms with Crippen LogP contribution in [0, 0.1) is 0 Å². The molecule has 0 saturated carbocycles. The highest BCUT2D eigenvalue weighted by Gasteiger charge is 2.14. The molecule has 0 aliphatic carbocycles. The minimum absolute atomic E-state index is 0.112. The molecule has 0 spiro atoms. The van der Waals surface area contributed by atoms with Crippen molar-refractivity contribution in [3.63, 3.8) is 0 Å². The summed E-state index contributed by atoms with van der Waals surface area (Å²) >= 11 is 0. The first-order valence-corrected chi connectivity index (χ1v) is 6.49. The summed E-state index contributed by atoms with van der Waals surface area (Å²) in [6.45, 7) is 3.99. The Bertz CT molecular complexity index is 644. The minimum atomic E-state index is -0.112. The van der Waals surface area contributed by atoms with Crippen LogP contribution in [-0.2, 0) is 19.5 Å². The van der Waals surface area contributed by atoms with Crippen LogP contribution in [0.15, 0.2) is 17.2 Å². The summed E-state index contributed by atoms with van der Waals surface area (Å²) in [5.41, 5.74) is 1.71. The molecule has 100 valence electrons. The zero-order valence-corrected chi connectivity index (χ0v) is 10.8. The standard InChI is InChI=1S/C12H16N6O/c1-2-17-11(14-8-15-17)7-18-12(19)6-10-9(16-18)4-3-5-13-10/h6,8,13H,2-5,7H2,1H3. The van der Waals surface area contributed by atoms with Crippen LogP contribution in [-0.4, -0.2) is 31.1 Å². The van der Waals surface area contributed by atoms with E-state index in [1.807, 2.05) is 6.92 Å². The lowest BCUT2D eigenvalue weighted by atomic mass is 10.1. The van der Waals surface area contributed by atoms with Crippen molar-refractivity contribution in [1.29, 1.82) is 0 Å². The van der Waals surface area contributed by atoms with Crippen molar-refractivity contribution >= 4 is 5.69 Å². The molecule has 1 aliphatic rings. The second-order valence-electron chi connectivity index (χ2n) is 4.52. The molecule has 7 nitrogen and oxygen atoms in total. The highest BCUT2D eigenvalue weighted by molar-refractivity contribution is 5.48. The summed E-state index contributed by atoms with van der Waals surface area (Å²) in [5, 5.41) is 11.7. The van der Waals surface area contributed by atoms with E-state index in [2.05, 4.69) is 20.5 Å². The van der Waals surface area contributed by atoms with Gasteiger partial charge in [0.05, 0.1) is 11.4 Å². The maximum atomic E-state index is 12.0. The number of anilines is 1. The maximum Gasteiger partial charge on any atom is 0.269 e. The Hall–Kier alpha value is -2.18. The van der Waals surface area contributed by atoms with Crippen molar-refractivity contribution in [3.05, 3.63) is 34.3 Å². The van der Waals surface area contributed by atoms with Crippen molar-refractivity contribution in [3.8, 4) is 0 Å². The van der Waals surface area contributed by atoms with Gasteiger partial charge in [0.25, 0.3) is 5.56 Å². The van der Waals surface area contributed by atoms with Crippen LogP contribution in [0.4, 0.5) is 5.69 Å². The highest BCUT2D eigenvalue weighted by atomic mass is 16.1. The van der Waals surface area contributed by atoms with Crippen molar-refractivity contribution in [1.82, 2.24) is 24.5 Å². The Balaban J connectivity index is 1.95. The highest BCUT2D eigenvalue weighted by Crippen LogP contribution is 2.16. The topological polar surface area (TPSA) is 77.6 Å². The molecule has 3 rings (SSSR count). The lowest BCUT2D eigenvalue weighted by molar-refractivity contribution is 0.541. The monoisotopic (exact) mass is 260 g/mol. The summed E-state index contributed by atoms with van der Waals surface area (Å²) < 4.78 is 3.23. The molecule has 1 N–H and O–H groups in total. The Morgan fingerprint density at radius 2 is 2.32 bits per heavy atom. The van der Waals surface area contributed by atoms with Crippen LogP contribution in [0.2, 0.25) is 0 Å². The molecule has 2 aromatic rings. The molecule has 0 unspecified atom stereocenters. The van der Waals surface area contributed by atoms with Crippen molar-refractivity contribution in [2.75, 3.05) is 11.9 Å². The number of nitrogens with zero attached hydrogens (tertiary/aromatic N) is 5. The smallest absolute Gasteiger partial charge is 0.269 e. The van der Waals surface area contributed by atoms with Crippen molar-refractivity contribution in [2.45, 2.75) is 32.9 Å². The number of fused-ring (bicyclic) bond motifs is 1. The SMILES string of the molecule is CCn1ncnc1Cn1nc2c(cc1=O)NCCC2. The molecule has 0 atom stereocenters. The zero-order valence-electron chi connectivity index (χ0n) is 10.8. The van der Waals surface area contributed by atoms with Crippen LogP contribution in [0.25, 0.3) is 0 Å². The van der Waals surface area contributed by atoms with Crippen molar-refractivity contribution < 1.29 is 0 Å². The predicted octanol–water partition coefficient (Wildman–Crippen LogP) is 0.261. The summed E-state index contributed by atoms with van der Waals surface area (Å²) in [6, 6.07) is 1.62. The van der Waals surface area contributed by atoms with E-state index in [-0.39, 0.29) is 5.56 Å². The molecule has 2 aromatic heterocycles. The number of aryl methyl sites for hydroxylation is 2. The Morgan fingerprint density at radius 3 is 3.16 bits per heavy atom. The van der Waals surface area contributed by atoms with Gasteiger partial charge in [-0.2, -0.15) is 10.2 Å². The Kier molecular flexibility index (Phi) is 3.02. The van der Waals surface area contributed by atoms with Gasteiger partial charge in [0, 0.05) is 19.2 Å². The fourth-order valence-corrected chi connectivity index (χ4v) is 2.27. The molecule has 0 amide bonds. The number of aromatic nitrogens is 5. The zero-order chi connectivity index (χ0) is 13.2. The van der Waals surface area contributed by atoms with Crippen molar-refractivity contribution in [2.24, 2.45) is 0 Å². The lowest BCUT2D eigenvalue weighted by Crippen LogP contribution is -2.28. The molecular formula is C12H16N6O. The van der Waals surface area contributed by atoms with Crippen LogP contribution < -0.4 is 10.9 Å². The Labute approximate surface area is 110 Å². The summed E-state index contributed by atoms with van der Waals surface area (Å²) in [7, 11) is 0. The van der Waals surface area contributed by atoms with Gasteiger partial charge in [-0.25, -0.2) is 14.3 Å². The molecule has 0 radical (unpaired) electrons. The molecule has 0 aromatic carbocycles.